The number of nitrogens with zero attached hydrogens (tertiary/aromatic N) is 1. The molecule has 0 fully saturated rings. The van der Waals surface area contributed by atoms with Gasteiger partial charge in [-0.3, -0.25) is 10.1 Å². The second-order valence-corrected chi connectivity index (χ2v) is 23.1. The third-order valence-electron chi connectivity index (χ3n) is 8.28. The van der Waals surface area contributed by atoms with E-state index in [1.807, 2.05) is 36.4 Å². The molecule has 3 aromatic rings. The maximum Gasteiger partial charge on any atom is 0.269 e. The molecule has 0 saturated carbocycles. The van der Waals surface area contributed by atoms with Gasteiger partial charge in [0.25, 0.3) is 22.3 Å². The van der Waals surface area contributed by atoms with Crippen LogP contribution in [0.3, 0.4) is 0 Å². The Balaban J connectivity index is 2.24. The highest BCUT2D eigenvalue weighted by Gasteiger charge is 2.42. The molecule has 226 valence electrons. The zero-order valence-electron chi connectivity index (χ0n) is 27.3. The van der Waals surface area contributed by atoms with E-state index in [-0.39, 0.29) is 15.8 Å². The van der Waals surface area contributed by atoms with Crippen LogP contribution in [0.15, 0.2) is 60.7 Å². The topological polar surface area (TPSA) is 70.8 Å². The van der Waals surface area contributed by atoms with Crippen LogP contribution in [-0.4, -0.2) is 28.7 Å². The molecule has 0 saturated heterocycles. The van der Waals surface area contributed by atoms with Gasteiger partial charge < -0.3 is 13.6 Å². The average Bonchev–Trinajstić information content (AvgIpc) is 2.91. The Hall–Kier alpha value is -3.99. The van der Waals surface area contributed by atoms with Gasteiger partial charge in [-0.05, 0) is 84.8 Å². The number of hydrogen-bond acceptors (Lipinski definition) is 5. The van der Waals surface area contributed by atoms with Crippen LogP contribution < -0.4 is 13.6 Å². The molecule has 3 rings (SSSR count). The Bertz CT molecular complexity index is 1590. The van der Waals surface area contributed by atoms with E-state index in [4.69, 9.17) is 13.6 Å². The standard InChI is InChI=1S/C35H43NO5Si2/c1-34(2,3)42(8,9)40-32-24-28(18-12-26-14-20-30(21-15-26)36(37)38)29(19-13-27-16-22-31(39-7)23-17-27)25-33(32)41-43(10,11)35(4,5)6/h14-17,20-25H,1-11H3. The van der Waals surface area contributed by atoms with Gasteiger partial charge >= 0.3 is 0 Å². The van der Waals surface area contributed by atoms with Crippen molar-refractivity contribution in [1.82, 2.24) is 0 Å². The van der Waals surface area contributed by atoms with Crippen LogP contribution in [0.2, 0.25) is 36.3 Å². The minimum Gasteiger partial charge on any atom is -0.541 e. The van der Waals surface area contributed by atoms with Gasteiger partial charge in [0.1, 0.15) is 17.2 Å². The van der Waals surface area contributed by atoms with Crippen molar-refractivity contribution in [2.75, 3.05) is 7.11 Å². The molecular formula is C35H43NO5Si2. The Morgan fingerprint density at radius 3 is 1.35 bits per heavy atom. The van der Waals surface area contributed by atoms with Crippen LogP contribution in [0.1, 0.15) is 63.8 Å². The number of benzene rings is 3. The summed E-state index contributed by atoms with van der Waals surface area (Å²) < 4.78 is 19.0. The quantitative estimate of drug-likeness (QED) is 0.120. The van der Waals surface area contributed by atoms with E-state index in [0.717, 1.165) is 11.3 Å². The molecule has 43 heavy (non-hydrogen) atoms. The van der Waals surface area contributed by atoms with Gasteiger partial charge in [-0.2, -0.15) is 0 Å². The van der Waals surface area contributed by atoms with Gasteiger partial charge in [0.05, 0.1) is 12.0 Å². The number of nitro groups is 1. The molecule has 0 spiro atoms. The molecule has 0 N–H and O–H groups in total. The molecule has 3 aromatic carbocycles. The fourth-order valence-corrected chi connectivity index (χ4v) is 5.43. The van der Waals surface area contributed by atoms with E-state index in [1.165, 1.54) is 12.1 Å². The minimum absolute atomic E-state index is 0.0220. The summed E-state index contributed by atoms with van der Waals surface area (Å²) in [4.78, 5) is 10.7. The van der Waals surface area contributed by atoms with E-state index in [9.17, 15) is 10.1 Å². The molecular weight excluding hydrogens is 571 g/mol. The molecule has 0 radical (unpaired) electrons. The van der Waals surface area contributed by atoms with Crippen LogP contribution in [0.4, 0.5) is 5.69 Å². The summed E-state index contributed by atoms with van der Waals surface area (Å²) in [7, 11) is -2.85. The largest absolute Gasteiger partial charge is 0.541 e. The van der Waals surface area contributed by atoms with Crippen molar-refractivity contribution >= 4 is 22.3 Å². The van der Waals surface area contributed by atoms with Gasteiger partial charge in [0.15, 0.2) is 0 Å². The summed E-state index contributed by atoms with van der Waals surface area (Å²) in [6.45, 7) is 22.1. The monoisotopic (exact) mass is 613 g/mol. The van der Waals surface area contributed by atoms with Crippen LogP contribution in [0.25, 0.3) is 0 Å². The molecule has 8 heteroatoms. The first-order chi connectivity index (χ1) is 19.8. The van der Waals surface area contributed by atoms with Gasteiger partial charge in [-0.25, -0.2) is 0 Å². The van der Waals surface area contributed by atoms with Crippen molar-refractivity contribution in [3.05, 3.63) is 93.0 Å². The number of rotatable bonds is 6. The molecule has 6 nitrogen and oxygen atoms in total. The van der Waals surface area contributed by atoms with Crippen LogP contribution in [0, 0.1) is 33.8 Å². The van der Waals surface area contributed by atoms with Crippen LogP contribution in [-0.2, 0) is 0 Å². The molecule has 0 aliphatic carbocycles. The maximum absolute atomic E-state index is 11.1. The van der Waals surface area contributed by atoms with Crippen LogP contribution >= 0.6 is 0 Å². The van der Waals surface area contributed by atoms with Crippen molar-refractivity contribution in [3.63, 3.8) is 0 Å². The summed E-state index contributed by atoms with van der Waals surface area (Å²) >= 11 is 0. The van der Waals surface area contributed by atoms with Gasteiger partial charge in [-0.1, -0.05) is 65.2 Å². The molecule has 0 bridgehead atoms. The predicted molar refractivity (Wildman–Crippen MR) is 180 cm³/mol. The van der Waals surface area contributed by atoms with Crippen molar-refractivity contribution < 1.29 is 18.5 Å². The van der Waals surface area contributed by atoms with E-state index in [0.29, 0.717) is 28.2 Å². The number of ether oxygens (including phenoxy) is 1. The number of non-ortho nitro benzene ring substituents is 1. The Morgan fingerprint density at radius 1 is 0.651 bits per heavy atom. The Morgan fingerprint density at radius 2 is 1.02 bits per heavy atom. The fraction of sp³-hybridized carbons (Fsp3) is 0.371. The fourth-order valence-electron chi connectivity index (χ4n) is 3.40. The highest BCUT2D eigenvalue weighted by molar-refractivity contribution is 6.75. The van der Waals surface area contributed by atoms with E-state index in [2.05, 4.69) is 91.4 Å². The summed E-state index contributed by atoms with van der Waals surface area (Å²) in [5.41, 5.74) is 2.92. The van der Waals surface area contributed by atoms with Crippen molar-refractivity contribution in [2.24, 2.45) is 0 Å². The second-order valence-electron chi connectivity index (χ2n) is 13.6. The van der Waals surface area contributed by atoms with Gasteiger partial charge in [-0.15, -0.1) is 0 Å². The molecule has 0 aromatic heterocycles. The number of hydrogen-bond donors (Lipinski definition) is 0. The molecule has 0 aliphatic rings. The lowest BCUT2D eigenvalue weighted by molar-refractivity contribution is -0.384. The molecule has 0 amide bonds. The number of nitro benzene ring substituents is 1. The zero-order valence-corrected chi connectivity index (χ0v) is 29.3. The van der Waals surface area contributed by atoms with Crippen LogP contribution in [0.5, 0.6) is 17.2 Å². The smallest absolute Gasteiger partial charge is 0.269 e. The normalized spacial score (nSPS) is 11.9. The first-order valence-electron chi connectivity index (χ1n) is 14.3. The molecule has 0 heterocycles. The van der Waals surface area contributed by atoms with E-state index >= 15 is 0 Å². The third-order valence-corrected chi connectivity index (χ3v) is 17.0. The van der Waals surface area contributed by atoms with E-state index in [1.54, 1.807) is 19.2 Å². The average molecular weight is 614 g/mol. The van der Waals surface area contributed by atoms with Gasteiger partial charge in [0, 0.05) is 34.4 Å². The van der Waals surface area contributed by atoms with E-state index < -0.39 is 21.6 Å². The molecule has 0 aliphatic heterocycles. The maximum atomic E-state index is 11.1. The summed E-state index contributed by atoms with van der Waals surface area (Å²) in [6.07, 6.45) is 0. The summed E-state index contributed by atoms with van der Waals surface area (Å²) in [6, 6.07) is 17.7. The van der Waals surface area contributed by atoms with Crippen molar-refractivity contribution in [1.29, 1.82) is 0 Å². The number of methoxy groups -OCH3 is 1. The summed E-state index contributed by atoms with van der Waals surface area (Å²) in [5.74, 6) is 15.1. The van der Waals surface area contributed by atoms with Crippen molar-refractivity contribution in [3.8, 4) is 40.9 Å². The lowest BCUT2D eigenvalue weighted by Crippen LogP contribution is -2.45. The SMILES string of the molecule is COc1ccc(C#Cc2cc(O[Si](C)(C)C(C)(C)C)c(O[Si](C)(C)C(C)(C)C)cc2C#Cc2ccc([N+](=O)[O-])cc2)cc1. The minimum atomic E-state index is -2.25. The first-order valence-corrected chi connectivity index (χ1v) is 20.1. The molecule has 0 atom stereocenters. The first kappa shape index (κ1) is 33.5. The van der Waals surface area contributed by atoms with Crippen molar-refractivity contribution in [2.45, 2.75) is 77.8 Å². The van der Waals surface area contributed by atoms with Gasteiger partial charge in [0.2, 0.25) is 0 Å². The third kappa shape index (κ3) is 8.53. The Labute approximate surface area is 259 Å². The lowest BCUT2D eigenvalue weighted by Gasteiger charge is -2.39. The summed E-state index contributed by atoms with van der Waals surface area (Å²) in [5, 5.41) is 11.1. The predicted octanol–water partition coefficient (Wildman–Crippen LogP) is 9.17. The zero-order chi connectivity index (χ0) is 32.2. The molecule has 0 unspecified atom stereocenters. The Kier molecular flexibility index (Phi) is 9.91. The lowest BCUT2D eigenvalue weighted by atomic mass is 10.1. The highest BCUT2D eigenvalue weighted by Crippen LogP contribution is 2.44. The highest BCUT2D eigenvalue weighted by atomic mass is 28.4. The second kappa shape index (κ2) is 12.7.